The van der Waals surface area contributed by atoms with Crippen LogP contribution in [-0.2, 0) is 37.5 Å². The Balaban J connectivity index is 4.57. The summed E-state index contributed by atoms with van der Waals surface area (Å²) in [6.45, 7) is 2.64. The molecule has 0 aliphatic carbocycles. The van der Waals surface area contributed by atoms with E-state index in [1.807, 2.05) is 24.3 Å². The summed E-state index contributed by atoms with van der Waals surface area (Å²) in [5.41, 5.74) is 5.32. The van der Waals surface area contributed by atoms with Crippen molar-refractivity contribution in [1.29, 1.82) is 0 Å². The average molecular weight is 834 g/mol. The second-order valence-corrected chi connectivity index (χ2v) is 15.6. The van der Waals surface area contributed by atoms with Crippen molar-refractivity contribution >= 4 is 25.7 Å². The maximum atomic E-state index is 12.6. The third-order valence-electron chi connectivity index (χ3n) is 8.62. The van der Waals surface area contributed by atoms with E-state index in [9.17, 15) is 23.8 Å². The Labute approximate surface area is 350 Å². The van der Waals surface area contributed by atoms with Gasteiger partial charge in [-0.3, -0.25) is 23.4 Å². The summed E-state index contributed by atoms with van der Waals surface area (Å²) in [7, 11) is -4.75. The van der Waals surface area contributed by atoms with Crippen LogP contribution in [0, 0.1) is 0 Å². The smallest absolute Gasteiger partial charge is 0.472 e. The number of carboxylic acid groups (broad SMARTS) is 1. The first kappa shape index (κ1) is 54.7. The molecule has 4 N–H and O–H groups in total. The van der Waals surface area contributed by atoms with Gasteiger partial charge in [-0.15, -0.1) is 0 Å². The Hall–Kier alpha value is -3.34. The highest BCUT2D eigenvalue weighted by molar-refractivity contribution is 7.47. The second kappa shape index (κ2) is 40.4. The molecular weight excluding hydrogens is 757 g/mol. The molecule has 12 heteroatoms. The molecule has 0 amide bonds. The summed E-state index contributed by atoms with van der Waals surface area (Å²) >= 11 is 0. The molecule has 0 heterocycles. The number of carbonyl (C=O) groups excluding carboxylic acids is 2. The molecule has 58 heavy (non-hydrogen) atoms. The van der Waals surface area contributed by atoms with E-state index < -0.39 is 57.7 Å². The lowest BCUT2D eigenvalue weighted by molar-refractivity contribution is -0.161. The summed E-state index contributed by atoms with van der Waals surface area (Å²) in [6.07, 6.45) is 49.5. The fraction of sp³-hybridized carbons (Fsp3) is 0.630. The van der Waals surface area contributed by atoms with Crippen LogP contribution in [0.3, 0.4) is 0 Å². The van der Waals surface area contributed by atoms with E-state index >= 15 is 0 Å². The monoisotopic (exact) mass is 834 g/mol. The molecule has 0 aromatic heterocycles. The van der Waals surface area contributed by atoms with Gasteiger partial charge < -0.3 is 25.2 Å². The van der Waals surface area contributed by atoms with Crippen molar-refractivity contribution in [1.82, 2.24) is 0 Å². The molecule has 3 atom stereocenters. The molecule has 1 unspecified atom stereocenters. The van der Waals surface area contributed by atoms with Crippen molar-refractivity contribution in [2.24, 2.45) is 5.73 Å². The number of ether oxygens (including phenoxy) is 2. The van der Waals surface area contributed by atoms with Gasteiger partial charge in [-0.2, -0.15) is 0 Å². The summed E-state index contributed by atoms with van der Waals surface area (Å²) in [5, 5.41) is 8.88. The zero-order chi connectivity index (χ0) is 42.8. The number of nitrogens with two attached hydrogens (primary N) is 1. The molecule has 0 aromatic rings. The summed E-state index contributed by atoms with van der Waals surface area (Å²) in [4.78, 5) is 45.9. The van der Waals surface area contributed by atoms with Crippen molar-refractivity contribution in [2.45, 2.75) is 167 Å². The predicted molar refractivity (Wildman–Crippen MR) is 235 cm³/mol. The number of esters is 2. The first-order valence-corrected chi connectivity index (χ1v) is 23.1. The van der Waals surface area contributed by atoms with E-state index in [1.165, 1.54) is 57.8 Å². The molecule has 11 nitrogen and oxygen atoms in total. The zero-order valence-corrected chi connectivity index (χ0v) is 36.5. The predicted octanol–water partition coefficient (Wildman–Crippen LogP) is 11.5. The van der Waals surface area contributed by atoms with E-state index in [-0.39, 0.29) is 12.8 Å². The molecule has 0 spiro atoms. The molecule has 0 fully saturated rings. The quantitative estimate of drug-likeness (QED) is 0.0233. The van der Waals surface area contributed by atoms with Gasteiger partial charge in [-0.05, 0) is 83.5 Å². The number of rotatable bonds is 39. The van der Waals surface area contributed by atoms with Crippen LogP contribution in [0.15, 0.2) is 85.1 Å². The average Bonchev–Trinajstić information content (AvgIpc) is 3.20. The van der Waals surface area contributed by atoms with Gasteiger partial charge in [0.15, 0.2) is 6.10 Å². The summed E-state index contributed by atoms with van der Waals surface area (Å²) in [6, 6.07) is -1.54. The van der Waals surface area contributed by atoms with Crippen LogP contribution in [0.4, 0.5) is 0 Å². The fourth-order valence-corrected chi connectivity index (χ4v) is 5.97. The molecular formula is C46H76NO10P. The number of carboxylic acids is 1. The van der Waals surface area contributed by atoms with Crippen LogP contribution < -0.4 is 5.73 Å². The van der Waals surface area contributed by atoms with Crippen LogP contribution in [-0.4, -0.2) is 59.9 Å². The van der Waals surface area contributed by atoms with Gasteiger partial charge in [0.1, 0.15) is 12.6 Å². The van der Waals surface area contributed by atoms with Crippen molar-refractivity contribution in [3.05, 3.63) is 85.1 Å². The first-order chi connectivity index (χ1) is 28.1. The Bertz CT molecular complexity index is 1300. The minimum Gasteiger partial charge on any atom is -0.480 e. The fourth-order valence-electron chi connectivity index (χ4n) is 5.19. The molecule has 0 aliphatic heterocycles. The number of allylic oxidation sites excluding steroid dienone is 14. The number of hydrogen-bond acceptors (Lipinski definition) is 9. The van der Waals surface area contributed by atoms with Gasteiger partial charge >= 0.3 is 25.7 Å². The first-order valence-electron chi connectivity index (χ1n) is 21.6. The van der Waals surface area contributed by atoms with Crippen molar-refractivity contribution in [3.63, 3.8) is 0 Å². The number of aliphatic carboxylic acids is 1. The van der Waals surface area contributed by atoms with Crippen LogP contribution in [0.25, 0.3) is 0 Å². The lowest BCUT2D eigenvalue weighted by Gasteiger charge is -2.20. The summed E-state index contributed by atoms with van der Waals surface area (Å²) in [5.74, 6) is -2.53. The third-order valence-corrected chi connectivity index (χ3v) is 9.57. The van der Waals surface area contributed by atoms with Crippen molar-refractivity contribution in [3.8, 4) is 0 Å². The van der Waals surface area contributed by atoms with Crippen molar-refractivity contribution < 1.29 is 47.5 Å². The van der Waals surface area contributed by atoms with Crippen LogP contribution in [0.1, 0.15) is 155 Å². The van der Waals surface area contributed by atoms with E-state index in [1.54, 1.807) is 0 Å². The highest BCUT2D eigenvalue weighted by atomic mass is 31.2. The SMILES string of the molecule is CCCCC/C=C/C/C=C/C/C=C/C/C=C/CCCC(=O)OC[C@H](COP(=O)(O)OC[C@H](N)C(=O)O)OC(=O)CCC/C=C/C/C=C/C/C=C/CCCCCCCC. The van der Waals surface area contributed by atoms with E-state index in [0.29, 0.717) is 25.7 Å². The minimum absolute atomic E-state index is 0.0733. The number of unbranched alkanes of at least 4 members (excludes halogenated alkanes) is 11. The molecule has 0 aliphatic rings. The largest absolute Gasteiger partial charge is 0.480 e. The van der Waals surface area contributed by atoms with E-state index in [4.69, 9.17) is 24.8 Å². The topological polar surface area (TPSA) is 172 Å². The second-order valence-electron chi connectivity index (χ2n) is 14.1. The van der Waals surface area contributed by atoms with E-state index in [2.05, 4.69) is 79.1 Å². The van der Waals surface area contributed by atoms with Crippen molar-refractivity contribution in [2.75, 3.05) is 19.8 Å². The highest BCUT2D eigenvalue weighted by Crippen LogP contribution is 2.43. The van der Waals surface area contributed by atoms with Gasteiger partial charge in [0.25, 0.3) is 0 Å². The van der Waals surface area contributed by atoms with Gasteiger partial charge in [-0.1, -0.05) is 144 Å². The Morgan fingerprint density at radius 3 is 1.40 bits per heavy atom. The van der Waals surface area contributed by atoms with Crippen LogP contribution in [0.5, 0.6) is 0 Å². The number of carbonyl (C=O) groups is 3. The maximum absolute atomic E-state index is 12.6. The lowest BCUT2D eigenvalue weighted by atomic mass is 10.1. The van der Waals surface area contributed by atoms with Crippen LogP contribution >= 0.6 is 7.82 Å². The molecule has 0 saturated heterocycles. The lowest BCUT2D eigenvalue weighted by Crippen LogP contribution is -2.34. The Kier molecular flexibility index (Phi) is 38.1. The highest BCUT2D eigenvalue weighted by Gasteiger charge is 2.28. The molecule has 0 rings (SSSR count). The van der Waals surface area contributed by atoms with Gasteiger partial charge in [-0.25, -0.2) is 4.57 Å². The standard InChI is InChI=1S/C46H76NO10P/c1-3-5-7-9-11-13-15-17-19-21-23-25-27-29-31-33-35-37-44(48)54-39-42(40-55-58(52,53)56-41-43(47)46(50)51)57-45(49)38-36-34-32-30-28-26-24-22-20-18-16-14-12-10-8-6-4-2/h11,13,17-20,23-26,29-32,42-43H,3-10,12,14-16,21-22,27-28,33-41,47H2,1-2H3,(H,50,51)(H,52,53)/b13-11+,19-17+,20-18+,25-23+,26-24+,31-29+,32-30+/t42-,43+/m1/s1. The van der Waals surface area contributed by atoms with Crippen LogP contribution in [0.2, 0.25) is 0 Å². The summed E-state index contributed by atoms with van der Waals surface area (Å²) < 4.78 is 32.6. The Morgan fingerprint density at radius 1 is 0.534 bits per heavy atom. The van der Waals surface area contributed by atoms with Gasteiger partial charge in [0.2, 0.25) is 0 Å². The Morgan fingerprint density at radius 2 is 0.914 bits per heavy atom. The van der Waals surface area contributed by atoms with Gasteiger partial charge in [0, 0.05) is 12.8 Å². The minimum atomic E-state index is -4.75. The normalized spacial score (nSPS) is 14.6. The molecule has 0 radical (unpaired) electrons. The number of phosphoric acid groups is 1. The zero-order valence-electron chi connectivity index (χ0n) is 35.6. The molecule has 0 bridgehead atoms. The molecule has 330 valence electrons. The number of hydrogen-bond donors (Lipinski definition) is 3. The van der Waals surface area contributed by atoms with Gasteiger partial charge in [0.05, 0.1) is 13.2 Å². The third kappa shape index (κ3) is 39.5. The van der Waals surface area contributed by atoms with E-state index in [0.717, 1.165) is 44.9 Å². The molecule has 0 saturated carbocycles. The molecule has 0 aromatic carbocycles. The number of phosphoric ester groups is 1. The maximum Gasteiger partial charge on any atom is 0.472 e.